The summed E-state index contributed by atoms with van der Waals surface area (Å²) in [6, 6.07) is 14.3. The number of rotatable bonds is 11. The van der Waals surface area contributed by atoms with Crippen molar-refractivity contribution in [3.63, 3.8) is 0 Å². The van der Waals surface area contributed by atoms with E-state index in [0.29, 0.717) is 31.0 Å². The van der Waals surface area contributed by atoms with Gasteiger partial charge in [0.25, 0.3) is 5.91 Å². The highest BCUT2D eigenvalue weighted by Crippen LogP contribution is 2.19. The molecule has 3 N–H and O–H groups in total. The molecule has 2 amide bonds. The first-order valence-electron chi connectivity index (χ1n) is 10.4. The summed E-state index contributed by atoms with van der Waals surface area (Å²) in [5.41, 5.74) is 1.81. The van der Waals surface area contributed by atoms with Crippen molar-refractivity contribution in [1.29, 1.82) is 0 Å². The smallest absolute Gasteiger partial charge is 0.251 e. The van der Waals surface area contributed by atoms with Gasteiger partial charge in [0, 0.05) is 43.3 Å². The van der Waals surface area contributed by atoms with E-state index in [1.165, 1.54) is 0 Å². The largest absolute Gasteiger partial charge is 0.491 e. The van der Waals surface area contributed by atoms with E-state index < -0.39 is 0 Å². The molecule has 0 radical (unpaired) electrons. The minimum atomic E-state index is -0.220. The van der Waals surface area contributed by atoms with Crippen molar-refractivity contribution in [2.75, 3.05) is 50.7 Å². The number of hydrogen-bond acceptors (Lipinski definition) is 6. The molecule has 8 heteroatoms. The van der Waals surface area contributed by atoms with Gasteiger partial charge < -0.3 is 30.2 Å². The number of methoxy groups -OCH3 is 1. The maximum absolute atomic E-state index is 12.3. The molecule has 166 valence electrons. The molecule has 1 unspecified atom stereocenters. The Morgan fingerprint density at radius 3 is 2.77 bits per heavy atom. The van der Waals surface area contributed by atoms with Crippen molar-refractivity contribution in [3.8, 4) is 5.75 Å². The summed E-state index contributed by atoms with van der Waals surface area (Å²) < 4.78 is 16.3. The van der Waals surface area contributed by atoms with E-state index in [2.05, 4.69) is 16.0 Å². The zero-order valence-corrected chi connectivity index (χ0v) is 17.7. The standard InChI is InChI=1S/C23H29N3O5/c1-29-12-10-24-23(28)17-5-2-7-19(13-17)26-22(27)15-25-18-6-3-8-20(14-18)31-16-21-9-4-11-30-21/h2-3,5-8,13-14,21,25H,4,9-12,15-16H2,1H3,(H,24,28)(H,26,27). The molecular weight excluding hydrogens is 398 g/mol. The van der Waals surface area contributed by atoms with Crippen LogP contribution in [0.3, 0.4) is 0 Å². The molecule has 1 fully saturated rings. The summed E-state index contributed by atoms with van der Waals surface area (Å²) in [4.78, 5) is 24.4. The second kappa shape index (κ2) is 11.9. The van der Waals surface area contributed by atoms with Crippen LogP contribution in [0, 0.1) is 0 Å². The van der Waals surface area contributed by atoms with Crippen LogP contribution in [0.5, 0.6) is 5.75 Å². The molecule has 0 bridgehead atoms. The highest BCUT2D eigenvalue weighted by molar-refractivity contribution is 5.98. The fraction of sp³-hybridized carbons (Fsp3) is 0.391. The third kappa shape index (κ3) is 7.58. The molecule has 1 aliphatic rings. The highest BCUT2D eigenvalue weighted by atomic mass is 16.5. The molecular formula is C23H29N3O5. The van der Waals surface area contributed by atoms with Gasteiger partial charge in [0.05, 0.1) is 19.3 Å². The Hall–Kier alpha value is -3.10. The monoisotopic (exact) mass is 427 g/mol. The Bertz CT molecular complexity index is 868. The topological polar surface area (TPSA) is 97.9 Å². The first kappa shape index (κ1) is 22.6. The van der Waals surface area contributed by atoms with Crippen molar-refractivity contribution in [2.45, 2.75) is 18.9 Å². The van der Waals surface area contributed by atoms with Crippen molar-refractivity contribution < 1.29 is 23.8 Å². The number of ether oxygens (including phenoxy) is 3. The molecule has 1 atom stereocenters. The van der Waals surface area contributed by atoms with Gasteiger partial charge in [-0.3, -0.25) is 9.59 Å². The van der Waals surface area contributed by atoms with Gasteiger partial charge in [-0.2, -0.15) is 0 Å². The van der Waals surface area contributed by atoms with Crippen LogP contribution in [0.4, 0.5) is 11.4 Å². The van der Waals surface area contributed by atoms with Gasteiger partial charge in [-0.15, -0.1) is 0 Å². The predicted molar refractivity (Wildman–Crippen MR) is 119 cm³/mol. The lowest BCUT2D eigenvalue weighted by Gasteiger charge is -2.13. The summed E-state index contributed by atoms with van der Waals surface area (Å²) in [5, 5.41) is 8.64. The highest BCUT2D eigenvalue weighted by Gasteiger charge is 2.16. The molecule has 0 saturated carbocycles. The van der Waals surface area contributed by atoms with E-state index in [1.807, 2.05) is 24.3 Å². The lowest BCUT2D eigenvalue weighted by molar-refractivity contribution is -0.114. The van der Waals surface area contributed by atoms with E-state index in [1.54, 1.807) is 31.4 Å². The quantitative estimate of drug-likeness (QED) is 0.477. The van der Waals surface area contributed by atoms with E-state index in [-0.39, 0.29) is 24.5 Å². The van der Waals surface area contributed by atoms with E-state index in [9.17, 15) is 9.59 Å². The van der Waals surface area contributed by atoms with Crippen LogP contribution in [0.1, 0.15) is 23.2 Å². The summed E-state index contributed by atoms with van der Waals surface area (Å²) in [7, 11) is 1.57. The number of nitrogens with one attached hydrogen (secondary N) is 3. The minimum absolute atomic E-state index is 0.0828. The van der Waals surface area contributed by atoms with Gasteiger partial charge in [0.15, 0.2) is 0 Å². The zero-order chi connectivity index (χ0) is 21.9. The molecule has 0 aromatic heterocycles. The Labute approximate surface area is 182 Å². The average molecular weight is 428 g/mol. The van der Waals surface area contributed by atoms with Crippen molar-refractivity contribution in [3.05, 3.63) is 54.1 Å². The van der Waals surface area contributed by atoms with Crippen LogP contribution >= 0.6 is 0 Å². The van der Waals surface area contributed by atoms with Crippen LogP contribution in [-0.4, -0.2) is 57.9 Å². The predicted octanol–water partition coefficient (Wildman–Crippen LogP) is 2.67. The Balaban J connectivity index is 1.46. The maximum Gasteiger partial charge on any atom is 0.251 e. The van der Waals surface area contributed by atoms with Crippen LogP contribution < -0.4 is 20.7 Å². The number of benzene rings is 2. The number of amides is 2. The molecule has 1 saturated heterocycles. The van der Waals surface area contributed by atoms with Crippen molar-refractivity contribution >= 4 is 23.2 Å². The third-order valence-corrected chi connectivity index (χ3v) is 4.75. The number of anilines is 2. The van der Waals surface area contributed by atoms with Gasteiger partial charge in [-0.05, 0) is 43.2 Å². The van der Waals surface area contributed by atoms with Gasteiger partial charge in [-0.25, -0.2) is 0 Å². The zero-order valence-electron chi connectivity index (χ0n) is 17.7. The molecule has 2 aromatic rings. The first-order valence-corrected chi connectivity index (χ1v) is 10.4. The van der Waals surface area contributed by atoms with Crippen LogP contribution in [0.15, 0.2) is 48.5 Å². The second-order valence-corrected chi connectivity index (χ2v) is 7.21. The Morgan fingerprint density at radius 1 is 1.13 bits per heavy atom. The molecule has 3 rings (SSSR count). The summed E-state index contributed by atoms with van der Waals surface area (Å²) in [6.07, 6.45) is 2.25. The molecule has 2 aromatic carbocycles. The average Bonchev–Trinajstić information content (AvgIpc) is 3.31. The number of carbonyl (C=O) groups excluding carboxylic acids is 2. The number of carbonyl (C=O) groups is 2. The van der Waals surface area contributed by atoms with Crippen LogP contribution in [0.25, 0.3) is 0 Å². The molecule has 8 nitrogen and oxygen atoms in total. The molecule has 31 heavy (non-hydrogen) atoms. The normalized spacial score (nSPS) is 15.3. The van der Waals surface area contributed by atoms with Crippen molar-refractivity contribution in [1.82, 2.24) is 5.32 Å². The van der Waals surface area contributed by atoms with Gasteiger partial charge in [0.1, 0.15) is 12.4 Å². The molecule has 1 aliphatic heterocycles. The number of hydrogen-bond donors (Lipinski definition) is 3. The van der Waals surface area contributed by atoms with Gasteiger partial charge >= 0.3 is 0 Å². The first-order chi connectivity index (χ1) is 15.1. The molecule has 1 heterocycles. The van der Waals surface area contributed by atoms with Crippen LogP contribution in [-0.2, 0) is 14.3 Å². The second-order valence-electron chi connectivity index (χ2n) is 7.21. The van der Waals surface area contributed by atoms with Crippen molar-refractivity contribution in [2.24, 2.45) is 0 Å². The lowest BCUT2D eigenvalue weighted by atomic mass is 10.2. The lowest BCUT2D eigenvalue weighted by Crippen LogP contribution is -2.27. The molecule has 0 spiro atoms. The van der Waals surface area contributed by atoms with E-state index >= 15 is 0 Å². The van der Waals surface area contributed by atoms with Crippen LogP contribution in [0.2, 0.25) is 0 Å². The SMILES string of the molecule is COCCNC(=O)c1cccc(NC(=O)CNc2cccc(OCC3CCCO3)c2)c1. The van der Waals surface area contributed by atoms with E-state index in [0.717, 1.165) is 30.9 Å². The minimum Gasteiger partial charge on any atom is -0.491 e. The van der Waals surface area contributed by atoms with Gasteiger partial charge in [0.2, 0.25) is 5.91 Å². The third-order valence-electron chi connectivity index (χ3n) is 4.75. The maximum atomic E-state index is 12.3. The fourth-order valence-electron chi connectivity index (χ4n) is 3.16. The summed E-state index contributed by atoms with van der Waals surface area (Å²) in [6.45, 7) is 2.27. The van der Waals surface area contributed by atoms with Gasteiger partial charge in [-0.1, -0.05) is 12.1 Å². The van der Waals surface area contributed by atoms with E-state index in [4.69, 9.17) is 14.2 Å². The Morgan fingerprint density at radius 2 is 1.97 bits per heavy atom. The fourth-order valence-corrected chi connectivity index (χ4v) is 3.16. The summed E-state index contributed by atoms with van der Waals surface area (Å²) in [5.74, 6) is 0.293. The summed E-state index contributed by atoms with van der Waals surface area (Å²) >= 11 is 0. The molecule has 0 aliphatic carbocycles. The Kier molecular flexibility index (Phi) is 8.69.